The number of benzene rings is 8. The summed E-state index contributed by atoms with van der Waals surface area (Å²) >= 11 is 0. The number of ether oxygens (including phenoxy) is 2. The fourth-order valence-electron chi connectivity index (χ4n) is 9.48. The van der Waals surface area contributed by atoms with Crippen LogP contribution in [0.15, 0.2) is 182 Å². The lowest BCUT2D eigenvalue weighted by Crippen LogP contribution is -2.39. The van der Waals surface area contributed by atoms with Gasteiger partial charge in [0.2, 0.25) is 0 Å². The number of rotatable bonds is 2. The van der Waals surface area contributed by atoms with Gasteiger partial charge in [0.25, 0.3) is 0 Å². The maximum Gasteiger partial charge on any atom is 0.134 e. The molecule has 2 aliphatic heterocycles. The van der Waals surface area contributed by atoms with Gasteiger partial charge in [0.1, 0.15) is 23.0 Å². The SMILES string of the molecule is c1ccc2c(c1)Oc1ccccc1C21c2c(cccc2-n2c3ccccc3c3ccccc32)Oc2cccc(-n3c4ccccc4c4ccccc43)c21. The van der Waals surface area contributed by atoms with Crippen LogP contribution in [0.1, 0.15) is 22.3 Å². The molecule has 1 spiro atoms. The zero-order chi connectivity index (χ0) is 34.7. The molecule has 0 saturated heterocycles. The quantitative estimate of drug-likeness (QED) is 0.182. The van der Waals surface area contributed by atoms with Gasteiger partial charge in [-0.2, -0.15) is 0 Å². The number of fused-ring (bicyclic) bond motifs is 14. The van der Waals surface area contributed by atoms with Crippen molar-refractivity contribution in [3.05, 3.63) is 204 Å². The number of para-hydroxylation sites is 6. The van der Waals surface area contributed by atoms with E-state index in [-0.39, 0.29) is 0 Å². The third-order valence-corrected chi connectivity index (χ3v) is 11.4. The van der Waals surface area contributed by atoms with Crippen molar-refractivity contribution in [2.45, 2.75) is 5.41 Å². The summed E-state index contributed by atoms with van der Waals surface area (Å²) in [6, 6.07) is 65.0. The molecule has 4 nitrogen and oxygen atoms in total. The molecule has 0 saturated carbocycles. The summed E-state index contributed by atoms with van der Waals surface area (Å²) in [5.41, 5.74) is 10.2. The van der Waals surface area contributed by atoms with E-state index in [1.54, 1.807) is 0 Å². The predicted molar refractivity (Wildman–Crippen MR) is 214 cm³/mol. The Morgan fingerprint density at radius 3 is 1.04 bits per heavy atom. The van der Waals surface area contributed by atoms with Crippen LogP contribution in [0, 0.1) is 0 Å². The minimum absolute atomic E-state index is 0.822. The average Bonchev–Trinajstić information content (AvgIpc) is 3.73. The van der Waals surface area contributed by atoms with Gasteiger partial charge in [-0.15, -0.1) is 0 Å². The highest BCUT2D eigenvalue weighted by Gasteiger charge is 2.53. The lowest BCUT2D eigenvalue weighted by atomic mass is 9.61. The maximum absolute atomic E-state index is 7.19. The molecule has 4 heteroatoms. The molecule has 8 aromatic carbocycles. The van der Waals surface area contributed by atoms with Gasteiger partial charge in [0.05, 0.1) is 38.9 Å². The van der Waals surface area contributed by atoms with Crippen molar-refractivity contribution >= 4 is 43.6 Å². The summed E-state index contributed by atoms with van der Waals surface area (Å²) in [6.07, 6.45) is 0. The lowest BCUT2D eigenvalue weighted by molar-refractivity contribution is 0.398. The second kappa shape index (κ2) is 10.5. The Balaban J connectivity index is 1.31. The molecule has 0 unspecified atom stereocenters. The first-order chi connectivity index (χ1) is 26.3. The first kappa shape index (κ1) is 28.6. The van der Waals surface area contributed by atoms with Crippen molar-refractivity contribution < 1.29 is 9.47 Å². The largest absolute Gasteiger partial charge is 0.457 e. The molecular formula is C49H30N2O2. The summed E-state index contributed by atoms with van der Waals surface area (Å²) in [5, 5.41) is 4.85. The van der Waals surface area contributed by atoms with Gasteiger partial charge in [-0.1, -0.05) is 121 Å². The van der Waals surface area contributed by atoms with E-state index in [1.165, 1.54) is 21.5 Å². The molecule has 12 rings (SSSR count). The van der Waals surface area contributed by atoms with E-state index in [2.05, 4.69) is 191 Å². The van der Waals surface area contributed by atoms with E-state index in [9.17, 15) is 0 Å². The smallest absolute Gasteiger partial charge is 0.134 e. The van der Waals surface area contributed by atoms with Crippen LogP contribution in [-0.2, 0) is 5.41 Å². The molecule has 0 aliphatic carbocycles. The molecule has 0 bridgehead atoms. The molecule has 2 aromatic heterocycles. The molecule has 4 heterocycles. The molecule has 0 fully saturated rings. The van der Waals surface area contributed by atoms with Gasteiger partial charge in [-0.05, 0) is 60.7 Å². The van der Waals surface area contributed by atoms with Crippen molar-refractivity contribution in [2.24, 2.45) is 0 Å². The monoisotopic (exact) mass is 678 g/mol. The number of hydrogen-bond donors (Lipinski definition) is 0. The highest BCUT2D eigenvalue weighted by molar-refractivity contribution is 6.10. The van der Waals surface area contributed by atoms with E-state index in [4.69, 9.17) is 9.47 Å². The summed E-state index contributed by atoms with van der Waals surface area (Å²) in [5.74, 6) is 3.31. The summed E-state index contributed by atoms with van der Waals surface area (Å²) < 4.78 is 18.9. The van der Waals surface area contributed by atoms with Crippen LogP contribution in [0.4, 0.5) is 0 Å². The predicted octanol–water partition coefficient (Wildman–Crippen LogP) is 12.5. The van der Waals surface area contributed by atoms with Crippen LogP contribution in [0.3, 0.4) is 0 Å². The van der Waals surface area contributed by atoms with E-state index in [1.807, 2.05) is 0 Å². The summed E-state index contributed by atoms with van der Waals surface area (Å²) in [4.78, 5) is 0. The maximum atomic E-state index is 7.19. The Hall–Kier alpha value is -7.04. The molecule has 0 radical (unpaired) electrons. The van der Waals surface area contributed by atoms with Crippen molar-refractivity contribution in [2.75, 3.05) is 0 Å². The van der Waals surface area contributed by atoms with Gasteiger partial charge < -0.3 is 18.6 Å². The van der Waals surface area contributed by atoms with Crippen molar-refractivity contribution in [3.8, 4) is 34.4 Å². The van der Waals surface area contributed by atoms with Gasteiger partial charge in [0.15, 0.2) is 0 Å². The minimum atomic E-state index is -0.847. The first-order valence-electron chi connectivity index (χ1n) is 18.1. The second-order valence-electron chi connectivity index (χ2n) is 14.0. The highest BCUT2D eigenvalue weighted by Crippen LogP contribution is 2.64. The molecule has 2 aliphatic rings. The highest BCUT2D eigenvalue weighted by atomic mass is 16.5. The number of nitrogens with zero attached hydrogens (tertiary/aromatic N) is 2. The van der Waals surface area contributed by atoms with E-state index in [0.717, 1.165) is 78.7 Å². The van der Waals surface area contributed by atoms with Crippen molar-refractivity contribution in [3.63, 3.8) is 0 Å². The standard InChI is InChI=1S/C49H30N2O2/c1-7-21-37-31(15-1)32-16-2-8-22-38(32)50(37)41-25-13-29-45-47(41)49(35-19-5-11-27-43(35)52-44-28-12-6-20-36(44)49)48-42(26-14-30-46(48)53-45)51-39-23-9-3-17-33(39)34-18-4-10-24-40(34)51/h1-30H. The van der Waals surface area contributed by atoms with Gasteiger partial charge >= 0.3 is 0 Å². The molecule has 0 atom stereocenters. The fraction of sp³-hybridized carbons (Fsp3) is 0.0204. The van der Waals surface area contributed by atoms with Crippen LogP contribution < -0.4 is 9.47 Å². The van der Waals surface area contributed by atoms with Crippen LogP contribution in [0.2, 0.25) is 0 Å². The van der Waals surface area contributed by atoms with Crippen LogP contribution in [0.5, 0.6) is 23.0 Å². The van der Waals surface area contributed by atoms with Gasteiger partial charge in [0, 0.05) is 43.8 Å². The Morgan fingerprint density at radius 1 is 0.302 bits per heavy atom. The van der Waals surface area contributed by atoms with Crippen molar-refractivity contribution in [1.29, 1.82) is 0 Å². The lowest BCUT2D eigenvalue weighted by Gasteiger charge is -2.46. The molecular weight excluding hydrogens is 649 g/mol. The molecule has 0 N–H and O–H groups in total. The summed E-state index contributed by atoms with van der Waals surface area (Å²) in [7, 11) is 0. The first-order valence-corrected chi connectivity index (χ1v) is 18.1. The van der Waals surface area contributed by atoms with Crippen LogP contribution in [0.25, 0.3) is 55.0 Å². The zero-order valence-corrected chi connectivity index (χ0v) is 28.5. The zero-order valence-electron chi connectivity index (χ0n) is 28.5. The van der Waals surface area contributed by atoms with Crippen LogP contribution in [-0.4, -0.2) is 9.13 Å². The molecule has 248 valence electrons. The Labute approximate surface area is 305 Å². The van der Waals surface area contributed by atoms with E-state index < -0.39 is 5.41 Å². The third kappa shape index (κ3) is 3.64. The Morgan fingerprint density at radius 2 is 0.623 bits per heavy atom. The van der Waals surface area contributed by atoms with Crippen LogP contribution >= 0.6 is 0 Å². The molecule has 53 heavy (non-hydrogen) atoms. The second-order valence-corrected chi connectivity index (χ2v) is 14.0. The average molecular weight is 679 g/mol. The third-order valence-electron chi connectivity index (χ3n) is 11.4. The van der Waals surface area contributed by atoms with Crippen molar-refractivity contribution in [1.82, 2.24) is 9.13 Å². The topological polar surface area (TPSA) is 28.3 Å². The Kier molecular flexibility index (Phi) is 5.67. The normalized spacial score (nSPS) is 13.7. The number of hydrogen-bond acceptors (Lipinski definition) is 2. The van der Waals surface area contributed by atoms with E-state index >= 15 is 0 Å². The number of aromatic nitrogens is 2. The minimum Gasteiger partial charge on any atom is -0.457 e. The molecule has 10 aromatic rings. The van der Waals surface area contributed by atoms with Gasteiger partial charge in [-0.3, -0.25) is 0 Å². The fourth-order valence-corrected chi connectivity index (χ4v) is 9.48. The Bertz CT molecular complexity index is 2830. The molecule has 0 amide bonds. The van der Waals surface area contributed by atoms with Gasteiger partial charge in [-0.25, -0.2) is 0 Å². The van der Waals surface area contributed by atoms with E-state index in [0.29, 0.717) is 0 Å². The summed E-state index contributed by atoms with van der Waals surface area (Å²) in [6.45, 7) is 0.